The Bertz CT molecular complexity index is 1600. The van der Waals surface area contributed by atoms with Gasteiger partial charge in [0.25, 0.3) is 0 Å². The lowest BCUT2D eigenvalue weighted by Crippen LogP contribution is -2.67. The van der Waals surface area contributed by atoms with Gasteiger partial charge in [0.05, 0.1) is 44.2 Å². The standard InChI is InChI=1S/C49H84O19/c1-6-7-8-10-26-35(54)37(56)30(20-51)65-45(26)62-22-32-39(58)43(68-46-42(61)41(60)38(57)31(21-52)66-46)44(63-29-18-25(19-50)34(53)40(59)36(29)55)47(67-32)64-28-13-12-27-24(17-23(28)2)11-14-33-48(3,4)15-9-16-49(27,33)5/h24-47,50-61H,2,6-22H2,1,3-5H3/t24?,25?,26?,27-,28?,29?,30?,31?,32?,33?,34?,35?,36?,37?,38?,39?,40?,41?,42?,43?,44?,45?,46?,47?,49+/m1/s1. The van der Waals surface area contributed by atoms with Gasteiger partial charge >= 0.3 is 0 Å². The van der Waals surface area contributed by atoms with E-state index in [1.807, 2.05) is 6.92 Å². The molecule has 3 aliphatic heterocycles. The smallest absolute Gasteiger partial charge is 0.187 e. The van der Waals surface area contributed by atoms with Gasteiger partial charge < -0.3 is 94.4 Å². The molecule has 7 fully saturated rings. The molecule has 0 aromatic heterocycles. The lowest BCUT2D eigenvalue weighted by atomic mass is 9.46. The highest BCUT2D eigenvalue weighted by atomic mass is 16.8. The van der Waals surface area contributed by atoms with Crippen molar-refractivity contribution < 1.29 is 94.4 Å². The molecule has 19 heteroatoms. The van der Waals surface area contributed by atoms with Gasteiger partial charge in [-0.25, -0.2) is 0 Å². The van der Waals surface area contributed by atoms with Crippen LogP contribution in [0.15, 0.2) is 12.2 Å². The van der Waals surface area contributed by atoms with Crippen LogP contribution in [0.3, 0.4) is 0 Å². The van der Waals surface area contributed by atoms with Crippen molar-refractivity contribution in [2.24, 2.45) is 40.4 Å². The largest absolute Gasteiger partial charge is 0.396 e. The number of fused-ring (bicyclic) bond motifs is 3. The molecule has 3 heterocycles. The van der Waals surface area contributed by atoms with Crippen molar-refractivity contribution in [3.63, 3.8) is 0 Å². The highest BCUT2D eigenvalue weighted by molar-refractivity contribution is 5.13. The Balaban J connectivity index is 1.23. The lowest BCUT2D eigenvalue weighted by molar-refractivity contribution is -0.378. The molecule has 0 spiro atoms. The molecule has 7 rings (SSSR count). The molecule has 19 nitrogen and oxygen atoms in total. The molecule has 0 aromatic carbocycles. The first-order valence-electron chi connectivity index (χ1n) is 25.5. The van der Waals surface area contributed by atoms with E-state index in [4.69, 9.17) is 33.2 Å². The predicted molar refractivity (Wildman–Crippen MR) is 240 cm³/mol. The fraction of sp³-hybridized carbons (Fsp3) is 0.959. The lowest BCUT2D eigenvalue weighted by Gasteiger charge is -2.59. The summed E-state index contributed by atoms with van der Waals surface area (Å²) in [7, 11) is 0. The van der Waals surface area contributed by atoms with Crippen molar-refractivity contribution in [2.75, 3.05) is 26.4 Å². The quantitative estimate of drug-likeness (QED) is 0.0701. The first kappa shape index (κ1) is 54.7. The first-order chi connectivity index (χ1) is 32.3. The number of hydrogen-bond acceptors (Lipinski definition) is 19. The molecule has 0 radical (unpaired) electrons. The molecule has 25 atom stereocenters. The van der Waals surface area contributed by atoms with Gasteiger partial charge in [-0.2, -0.15) is 0 Å². The SMILES string of the molecule is C=C1CC2CCC3C(C)(C)CCC[C@@]3(C)[C@@H]2CCC1OC1OC(COC2OC(CO)C(O)C(O)C2CCCCC)C(O)C(OC2OC(CO)C(O)C(O)C2O)C1OC1CC(CO)C(O)C(O)C1O. The summed E-state index contributed by atoms with van der Waals surface area (Å²) in [6.45, 7) is 11.4. The molecule has 23 unspecified atom stereocenters. The minimum atomic E-state index is -1.92. The molecular formula is C49H84O19. The van der Waals surface area contributed by atoms with Gasteiger partial charge in [0.1, 0.15) is 73.2 Å². The van der Waals surface area contributed by atoms with E-state index in [1.165, 1.54) is 6.42 Å². The number of aliphatic hydroxyl groups is 12. The van der Waals surface area contributed by atoms with Crippen LogP contribution >= 0.6 is 0 Å². The summed E-state index contributed by atoms with van der Waals surface area (Å²) in [6.07, 6.45) is -18.2. The normalized spacial score (nSPS) is 50.0. The zero-order valence-electron chi connectivity index (χ0n) is 40.3. The Labute approximate surface area is 400 Å². The zero-order chi connectivity index (χ0) is 49.4. The van der Waals surface area contributed by atoms with Crippen LogP contribution in [0, 0.1) is 40.4 Å². The van der Waals surface area contributed by atoms with E-state index in [1.54, 1.807) is 0 Å². The summed E-state index contributed by atoms with van der Waals surface area (Å²) in [6, 6.07) is 0. The number of rotatable bonds is 16. The van der Waals surface area contributed by atoms with Gasteiger partial charge in [-0.1, -0.05) is 60.0 Å². The van der Waals surface area contributed by atoms with Crippen molar-refractivity contribution in [1.82, 2.24) is 0 Å². The van der Waals surface area contributed by atoms with Gasteiger partial charge in [-0.05, 0) is 91.9 Å². The van der Waals surface area contributed by atoms with Crippen molar-refractivity contribution in [3.8, 4) is 0 Å². The number of unbranched alkanes of at least 4 members (excludes halogenated alkanes) is 2. The number of aliphatic hydroxyl groups excluding tert-OH is 12. The van der Waals surface area contributed by atoms with Crippen molar-refractivity contribution >= 4 is 0 Å². The van der Waals surface area contributed by atoms with E-state index in [0.29, 0.717) is 43.4 Å². The third-order valence-electron chi connectivity index (χ3n) is 17.5. The van der Waals surface area contributed by atoms with E-state index >= 15 is 0 Å². The van der Waals surface area contributed by atoms with Crippen LogP contribution in [0.4, 0.5) is 0 Å². The highest BCUT2D eigenvalue weighted by Gasteiger charge is 2.58. The summed E-state index contributed by atoms with van der Waals surface area (Å²) >= 11 is 0. The number of hydrogen-bond donors (Lipinski definition) is 12. The molecule has 394 valence electrons. The molecule has 0 amide bonds. The monoisotopic (exact) mass is 977 g/mol. The minimum absolute atomic E-state index is 0.115. The average Bonchev–Trinajstić information content (AvgIpc) is 3.47. The Morgan fingerprint density at radius 1 is 0.618 bits per heavy atom. The Morgan fingerprint density at radius 2 is 1.28 bits per heavy atom. The van der Waals surface area contributed by atoms with Gasteiger partial charge in [-0.15, -0.1) is 0 Å². The second-order valence-electron chi connectivity index (χ2n) is 22.2. The van der Waals surface area contributed by atoms with Crippen molar-refractivity contribution in [3.05, 3.63) is 12.2 Å². The minimum Gasteiger partial charge on any atom is -0.396 e. The molecule has 0 aromatic rings. The van der Waals surface area contributed by atoms with Crippen LogP contribution in [0.2, 0.25) is 0 Å². The molecule has 4 saturated carbocycles. The maximum atomic E-state index is 12.4. The van der Waals surface area contributed by atoms with E-state index in [0.717, 1.165) is 50.5 Å². The van der Waals surface area contributed by atoms with E-state index in [9.17, 15) is 61.3 Å². The highest BCUT2D eigenvalue weighted by Crippen LogP contribution is 2.63. The van der Waals surface area contributed by atoms with Crippen LogP contribution in [0.1, 0.15) is 111 Å². The topological polar surface area (TPSA) is 307 Å². The maximum Gasteiger partial charge on any atom is 0.187 e. The second-order valence-corrected chi connectivity index (χ2v) is 22.2. The molecule has 4 aliphatic carbocycles. The summed E-state index contributed by atoms with van der Waals surface area (Å²) in [5, 5.41) is 130. The third-order valence-corrected chi connectivity index (χ3v) is 17.5. The molecule has 12 N–H and O–H groups in total. The van der Waals surface area contributed by atoms with Crippen LogP contribution in [-0.4, -0.2) is 204 Å². The van der Waals surface area contributed by atoms with Gasteiger partial charge in [0, 0.05) is 18.4 Å². The van der Waals surface area contributed by atoms with Crippen LogP contribution in [0.25, 0.3) is 0 Å². The summed E-state index contributed by atoms with van der Waals surface area (Å²) in [4.78, 5) is 0. The van der Waals surface area contributed by atoms with Crippen LogP contribution in [-0.2, 0) is 33.2 Å². The molecular weight excluding hydrogens is 893 g/mol. The van der Waals surface area contributed by atoms with Gasteiger partial charge in [0.15, 0.2) is 18.9 Å². The molecule has 3 saturated heterocycles. The second kappa shape index (κ2) is 23.0. The van der Waals surface area contributed by atoms with Crippen LogP contribution in [0.5, 0.6) is 0 Å². The van der Waals surface area contributed by atoms with Gasteiger partial charge in [-0.3, -0.25) is 0 Å². The van der Waals surface area contributed by atoms with Crippen LogP contribution < -0.4 is 0 Å². The van der Waals surface area contributed by atoms with Crippen molar-refractivity contribution in [2.45, 2.75) is 228 Å². The predicted octanol–water partition coefficient (Wildman–Crippen LogP) is -0.258. The molecule has 0 bridgehead atoms. The third kappa shape index (κ3) is 11.1. The van der Waals surface area contributed by atoms with Crippen molar-refractivity contribution in [1.29, 1.82) is 0 Å². The molecule has 68 heavy (non-hydrogen) atoms. The Kier molecular flexibility index (Phi) is 18.5. The first-order valence-corrected chi connectivity index (χ1v) is 25.5. The van der Waals surface area contributed by atoms with Gasteiger partial charge in [0.2, 0.25) is 0 Å². The fourth-order valence-electron chi connectivity index (χ4n) is 13.6. The zero-order valence-corrected chi connectivity index (χ0v) is 40.3. The Morgan fingerprint density at radius 3 is 1.96 bits per heavy atom. The summed E-state index contributed by atoms with van der Waals surface area (Å²) in [5.41, 5.74) is 1.15. The fourth-order valence-corrected chi connectivity index (χ4v) is 13.6. The Hall–Kier alpha value is -1.02. The average molecular weight is 977 g/mol. The van der Waals surface area contributed by atoms with E-state index in [-0.39, 0.29) is 17.3 Å². The summed E-state index contributed by atoms with van der Waals surface area (Å²) in [5.74, 6) is -0.349. The summed E-state index contributed by atoms with van der Waals surface area (Å²) < 4.78 is 44.7. The van der Waals surface area contributed by atoms with E-state index < -0.39 is 155 Å². The maximum absolute atomic E-state index is 12.4. The molecule has 7 aliphatic rings. The number of ether oxygens (including phenoxy) is 7. The van der Waals surface area contributed by atoms with E-state index in [2.05, 4.69) is 27.4 Å².